The summed E-state index contributed by atoms with van der Waals surface area (Å²) in [6.07, 6.45) is 3.30. The van der Waals surface area contributed by atoms with Crippen molar-refractivity contribution in [2.24, 2.45) is 7.05 Å². The van der Waals surface area contributed by atoms with Crippen molar-refractivity contribution < 1.29 is 14.2 Å². The third-order valence-electron chi connectivity index (χ3n) is 3.91. The number of hydrogen-bond donors (Lipinski definition) is 0. The number of ether oxygens (including phenoxy) is 3. The van der Waals surface area contributed by atoms with Crippen molar-refractivity contribution in [3.05, 3.63) is 69.9 Å². The molecule has 8 heteroatoms. The zero-order valence-corrected chi connectivity index (χ0v) is 15.7. The number of hydrogen-bond acceptors (Lipinski definition) is 7. The summed E-state index contributed by atoms with van der Waals surface area (Å²) in [6, 6.07) is 10.6. The molecule has 0 N–H and O–H groups in total. The minimum absolute atomic E-state index is 0.129. The van der Waals surface area contributed by atoms with Gasteiger partial charge in [0.05, 0.1) is 24.9 Å². The van der Waals surface area contributed by atoms with Crippen LogP contribution in [0.5, 0.6) is 23.3 Å². The summed E-state index contributed by atoms with van der Waals surface area (Å²) >= 11 is 0. The van der Waals surface area contributed by atoms with Crippen LogP contribution in [0.15, 0.2) is 47.5 Å². The Morgan fingerprint density at radius 1 is 1.21 bits per heavy atom. The van der Waals surface area contributed by atoms with E-state index < -0.39 is 5.69 Å². The van der Waals surface area contributed by atoms with Gasteiger partial charge in [0.1, 0.15) is 24.2 Å². The van der Waals surface area contributed by atoms with E-state index in [1.807, 2.05) is 13.0 Å². The summed E-state index contributed by atoms with van der Waals surface area (Å²) in [5.41, 5.74) is 1.56. The number of nitriles is 1. The number of methoxy groups -OCH3 is 1. The maximum absolute atomic E-state index is 11.8. The lowest BCUT2D eigenvalue weighted by Gasteiger charge is -2.11. The second-order valence-corrected chi connectivity index (χ2v) is 6.01. The average molecular weight is 378 g/mol. The Morgan fingerprint density at radius 3 is 2.75 bits per heavy atom. The van der Waals surface area contributed by atoms with E-state index in [9.17, 15) is 10.1 Å². The zero-order valence-electron chi connectivity index (χ0n) is 15.7. The second-order valence-electron chi connectivity index (χ2n) is 6.01. The van der Waals surface area contributed by atoms with E-state index in [-0.39, 0.29) is 12.5 Å². The molecule has 0 unspecified atom stereocenters. The Bertz CT molecular complexity index is 1100. The van der Waals surface area contributed by atoms with Crippen molar-refractivity contribution in [1.82, 2.24) is 14.5 Å². The summed E-state index contributed by atoms with van der Waals surface area (Å²) in [4.78, 5) is 19.7. The Kier molecular flexibility index (Phi) is 5.56. The lowest BCUT2D eigenvalue weighted by Crippen LogP contribution is -2.21. The number of pyridine rings is 1. The molecule has 3 aromatic rings. The van der Waals surface area contributed by atoms with Gasteiger partial charge in [-0.1, -0.05) is 6.07 Å². The van der Waals surface area contributed by atoms with Crippen LogP contribution >= 0.6 is 0 Å². The molecule has 0 aliphatic rings. The number of aryl methyl sites for hydroxylation is 1. The van der Waals surface area contributed by atoms with Crippen LogP contribution in [0.1, 0.15) is 16.7 Å². The van der Waals surface area contributed by atoms with Crippen LogP contribution < -0.4 is 19.9 Å². The molecule has 0 aliphatic carbocycles. The fraction of sp³-hybridized carbons (Fsp3) is 0.200. The maximum Gasteiger partial charge on any atom is 0.353 e. The standard InChI is InChI=1S/C20H18N4O4/c1-13-6-16(11-22-10-13)28-17-5-4-14(7-15(17)9-21)12-27-18-8-19(26-3)24(2)20(25)23-18/h4-8,10-11H,12H2,1-3H3. The van der Waals surface area contributed by atoms with E-state index in [1.165, 1.54) is 17.7 Å². The zero-order chi connectivity index (χ0) is 20.1. The van der Waals surface area contributed by atoms with Crippen molar-refractivity contribution in [3.63, 3.8) is 0 Å². The van der Waals surface area contributed by atoms with Crippen molar-refractivity contribution >= 4 is 0 Å². The van der Waals surface area contributed by atoms with Gasteiger partial charge in [-0.25, -0.2) is 4.79 Å². The molecule has 8 nitrogen and oxygen atoms in total. The molecule has 2 aromatic heterocycles. The van der Waals surface area contributed by atoms with Crippen molar-refractivity contribution in [3.8, 4) is 29.3 Å². The quantitative estimate of drug-likeness (QED) is 0.650. The van der Waals surface area contributed by atoms with Gasteiger partial charge < -0.3 is 14.2 Å². The van der Waals surface area contributed by atoms with Crippen molar-refractivity contribution in [2.75, 3.05) is 7.11 Å². The minimum Gasteiger partial charge on any atom is -0.482 e. The molecular formula is C20H18N4O4. The Hall–Kier alpha value is -3.86. The lowest BCUT2D eigenvalue weighted by molar-refractivity contribution is 0.284. The average Bonchev–Trinajstić information content (AvgIpc) is 2.69. The molecule has 0 atom stereocenters. The molecule has 1 aromatic carbocycles. The molecular weight excluding hydrogens is 360 g/mol. The van der Waals surface area contributed by atoms with Crippen LogP contribution in [-0.4, -0.2) is 21.6 Å². The minimum atomic E-state index is -0.484. The first-order valence-electron chi connectivity index (χ1n) is 8.37. The van der Waals surface area contributed by atoms with Crippen LogP contribution in [0.4, 0.5) is 0 Å². The van der Waals surface area contributed by atoms with Gasteiger partial charge in [-0.2, -0.15) is 10.2 Å². The van der Waals surface area contributed by atoms with Gasteiger partial charge in [0.25, 0.3) is 0 Å². The Balaban J connectivity index is 1.76. The van der Waals surface area contributed by atoms with E-state index in [4.69, 9.17) is 14.2 Å². The molecule has 28 heavy (non-hydrogen) atoms. The number of aromatic nitrogens is 3. The largest absolute Gasteiger partial charge is 0.482 e. The summed E-state index contributed by atoms with van der Waals surface area (Å²) < 4.78 is 17.7. The first-order valence-corrected chi connectivity index (χ1v) is 8.37. The number of benzene rings is 1. The van der Waals surface area contributed by atoms with Gasteiger partial charge in [-0.05, 0) is 36.2 Å². The highest BCUT2D eigenvalue weighted by atomic mass is 16.5. The fourth-order valence-electron chi connectivity index (χ4n) is 2.48. The molecule has 0 saturated carbocycles. The molecule has 0 bridgehead atoms. The van der Waals surface area contributed by atoms with Crippen LogP contribution in [0.3, 0.4) is 0 Å². The van der Waals surface area contributed by atoms with E-state index >= 15 is 0 Å². The molecule has 0 aliphatic heterocycles. The van der Waals surface area contributed by atoms with E-state index in [1.54, 1.807) is 37.6 Å². The topological polar surface area (TPSA) is 99.3 Å². The van der Waals surface area contributed by atoms with E-state index in [0.29, 0.717) is 22.9 Å². The highest BCUT2D eigenvalue weighted by Crippen LogP contribution is 2.26. The van der Waals surface area contributed by atoms with Crippen LogP contribution in [0, 0.1) is 18.3 Å². The normalized spacial score (nSPS) is 10.2. The molecule has 2 heterocycles. The maximum atomic E-state index is 11.8. The van der Waals surface area contributed by atoms with Gasteiger partial charge in [0.15, 0.2) is 0 Å². The highest BCUT2D eigenvalue weighted by molar-refractivity contribution is 5.47. The number of rotatable bonds is 6. The smallest absolute Gasteiger partial charge is 0.353 e. The fourth-order valence-corrected chi connectivity index (χ4v) is 2.48. The molecule has 0 spiro atoms. The van der Waals surface area contributed by atoms with Gasteiger partial charge in [-0.15, -0.1) is 0 Å². The van der Waals surface area contributed by atoms with E-state index in [0.717, 1.165) is 11.1 Å². The second kappa shape index (κ2) is 8.22. The van der Waals surface area contributed by atoms with Crippen LogP contribution in [-0.2, 0) is 13.7 Å². The third-order valence-corrected chi connectivity index (χ3v) is 3.91. The molecule has 0 saturated heterocycles. The van der Waals surface area contributed by atoms with Gasteiger partial charge in [0, 0.05) is 13.2 Å². The first-order chi connectivity index (χ1) is 13.5. The van der Waals surface area contributed by atoms with Crippen LogP contribution in [0.25, 0.3) is 0 Å². The van der Waals surface area contributed by atoms with E-state index in [2.05, 4.69) is 16.0 Å². The van der Waals surface area contributed by atoms with Crippen molar-refractivity contribution in [2.45, 2.75) is 13.5 Å². The molecule has 142 valence electrons. The summed E-state index contributed by atoms with van der Waals surface area (Å²) in [5, 5.41) is 9.44. The highest BCUT2D eigenvalue weighted by Gasteiger charge is 2.10. The molecule has 3 rings (SSSR count). The predicted molar refractivity (Wildman–Crippen MR) is 101 cm³/mol. The molecule has 0 amide bonds. The summed E-state index contributed by atoms with van der Waals surface area (Å²) in [5.74, 6) is 1.46. The van der Waals surface area contributed by atoms with Gasteiger partial charge >= 0.3 is 5.69 Å². The monoisotopic (exact) mass is 378 g/mol. The predicted octanol–water partition coefficient (Wildman–Crippen LogP) is 2.74. The van der Waals surface area contributed by atoms with Crippen molar-refractivity contribution in [1.29, 1.82) is 5.26 Å². The summed E-state index contributed by atoms with van der Waals surface area (Å²) in [7, 11) is 3.01. The number of nitrogens with zero attached hydrogens (tertiary/aromatic N) is 4. The SMILES string of the molecule is COc1cc(OCc2ccc(Oc3cncc(C)c3)c(C#N)c2)nc(=O)n1C. The Morgan fingerprint density at radius 2 is 2.04 bits per heavy atom. The first kappa shape index (κ1) is 18.9. The van der Waals surface area contributed by atoms with Crippen LogP contribution in [0.2, 0.25) is 0 Å². The lowest BCUT2D eigenvalue weighted by atomic mass is 10.1. The Labute approximate surface area is 161 Å². The van der Waals surface area contributed by atoms with Gasteiger partial charge in [0.2, 0.25) is 11.8 Å². The van der Waals surface area contributed by atoms with Gasteiger partial charge in [-0.3, -0.25) is 9.55 Å². The molecule has 0 fully saturated rings. The third kappa shape index (κ3) is 4.27. The molecule has 0 radical (unpaired) electrons. The summed E-state index contributed by atoms with van der Waals surface area (Å²) in [6.45, 7) is 2.04.